The molecule has 0 radical (unpaired) electrons. The van der Waals surface area contributed by atoms with E-state index in [1.54, 1.807) is 7.11 Å². The summed E-state index contributed by atoms with van der Waals surface area (Å²) < 4.78 is 5.60. The molecular weight excluding hydrogens is 424 g/mol. The predicted octanol–water partition coefficient (Wildman–Crippen LogP) is 4.58. The smallest absolute Gasteiger partial charge is 0.227 e. The topological polar surface area (TPSA) is 87.8 Å². The zero-order valence-electron chi connectivity index (χ0n) is 17.9. The van der Waals surface area contributed by atoms with Crippen molar-refractivity contribution in [3.63, 3.8) is 0 Å². The molecule has 0 amide bonds. The van der Waals surface area contributed by atoms with Crippen LogP contribution in [0.5, 0.6) is 5.75 Å². The van der Waals surface area contributed by atoms with E-state index in [4.69, 9.17) is 9.72 Å². The van der Waals surface area contributed by atoms with Crippen molar-refractivity contribution in [3.05, 3.63) is 83.4 Å². The molecule has 2 aromatic carbocycles. The number of methoxy groups -OCH3 is 1. The summed E-state index contributed by atoms with van der Waals surface area (Å²) in [5.41, 5.74) is 6.14. The van der Waals surface area contributed by atoms with E-state index in [0.717, 1.165) is 52.9 Å². The first-order valence-corrected chi connectivity index (χ1v) is 10.3. The largest absolute Gasteiger partial charge is 0.496 e. The SMILES string of the molecule is COc1cc(Nc2ncc3c(n2)C(c2ccccc2)CNC3)ccc1-c1nc(C)c[nH]1.Cl. The molecule has 0 saturated heterocycles. The Hall–Kier alpha value is -3.42. The molecule has 0 fully saturated rings. The number of nitrogens with zero attached hydrogens (tertiary/aromatic N) is 3. The summed E-state index contributed by atoms with van der Waals surface area (Å²) in [5.74, 6) is 2.28. The van der Waals surface area contributed by atoms with Crippen molar-refractivity contribution in [3.8, 4) is 17.1 Å². The van der Waals surface area contributed by atoms with E-state index in [2.05, 4.69) is 49.9 Å². The first kappa shape index (κ1) is 21.8. The molecule has 7 nitrogen and oxygen atoms in total. The van der Waals surface area contributed by atoms with Crippen LogP contribution in [0.3, 0.4) is 0 Å². The number of nitrogens with one attached hydrogen (secondary N) is 3. The maximum absolute atomic E-state index is 5.60. The van der Waals surface area contributed by atoms with Gasteiger partial charge < -0.3 is 20.4 Å². The van der Waals surface area contributed by atoms with Crippen molar-refractivity contribution in [1.82, 2.24) is 25.3 Å². The van der Waals surface area contributed by atoms with Gasteiger partial charge in [0.2, 0.25) is 5.95 Å². The number of ether oxygens (including phenoxy) is 1. The predicted molar refractivity (Wildman–Crippen MR) is 128 cm³/mol. The number of anilines is 2. The van der Waals surface area contributed by atoms with Gasteiger partial charge in [-0.25, -0.2) is 15.0 Å². The zero-order valence-corrected chi connectivity index (χ0v) is 18.7. The van der Waals surface area contributed by atoms with Crippen LogP contribution < -0.4 is 15.4 Å². The second-order valence-electron chi connectivity index (χ2n) is 7.63. The fourth-order valence-electron chi connectivity index (χ4n) is 3.97. The molecule has 4 aromatic rings. The first-order chi connectivity index (χ1) is 15.2. The van der Waals surface area contributed by atoms with E-state index in [0.29, 0.717) is 5.95 Å². The van der Waals surface area contributed by atoms with Crippen molar-refractivity contribution < 1.29 is 4.74 Å². The van der Waals surface area contributed by atoms with Crippen molar-refractivity contribution in [2.24, 2.45) is 0 Å². The van der Waals surface area contributed by atoms with Crippen LogP contribution in [0.25, 0.3) is 11.4 Å². The Kier molecular flexibility index (Phi) is 6.39. The van der Waals surface area contributed by atoms with Gasteiger partial charge in [-0.3, -0.25) is 0 Å². The molecule has 1 aliphatic rings. The molecule has 0 aliphatic carbocycles. The zero-order chi connectivity index (χ0) is 21.2. The lowest BCUT2D eigenvalue weighted by atomic mass is 9.90. The molecule has 0 bridgehead atoms. The molecule has 3 N–H and O–H groups in total. The van der Waals surface area contributed by atoms with E-state index in [1.807, 2.05) is 43.6 Å². The standard InChI is InChI=1S/C24H24N6O.ClH/c1-15-11-26-23(28-15)19-9-8-18(10-21(19)31-2)29-24-27-13-17-12-25-14-20(22(17)30-24)16-6-4-3-5-7-16;/h3-11,13,20,25H,12,14H2,1-2H3,(H,26,28)(H,27,29,30);1H. The Morgan fingerprint density at radius 1 is 1.09 bits per heavy atom. The number of aromatic nitrogens is 4. The molecule has 1 atom stereocenters. The third-order valence-corrected chi connectivity index (χ3v) is 5.51. The number of halogens is 1. The summed E-state index contributed by atoms with van der Waals surface area (Å²) in [6.45, 7) is 3.59. The van der Waals surface area contributed by atoms with Crippen LogP contribution in [0.2, 0.25) is 0 Å². The maximum atomic E-state index is 5.60. The second kappa shape index (κ2) is 9.38. The van der Waals surface area contributed by atoms with Crippen molar-refractivity contribution >= 4 is 24.0 Å². The summed E-state index contributed by atoms with van der Waals surface area (Å²) in [6, 6.07) is 16.4. The van der Waals surface area contributed by atoms with Gasteiger partial charge in [-0.15, -0.1) is 12.4 Å². The Morgan fingerprint density at radius 2 is 1.94 bits per heavy atom. The Balaban J connectivity index is 0.00000245. The quantitative estimate of drug-likeness (QED) is 0.414. The van der Waals surface area contributed by atoms with Gasteiger partial charge in [0.25, 0.3) is 0 Å². The number of benzene rings is 2. The number of fused-ring (bicyclic) bond motifs is 1. The minimum absolute atomic E-state index is 0. The Bertz CT molecular complexity index is 1210. The lowest BCUT2D eigenvalue weighted by Crippen LogP contribution is -2.30. The van der Waals surface area contributed by atoms with E-state index >= 15 is 0 Å². The average molecular weight is 449 g/mol. The van der Waals surface area contributed by atoms with E-state index < -0.39 is 0 Å². The van der Waals surface area contributed by atoms with Gasteiger partial charge in [0.05, 0.1) is 24.1 Å². The summed E-state index contributed by atoms with van der Waals surface area (Å²) in [4.78, 5) is 17.1. The highest BCUT2D eigenvalue weighted by molar-refractivity contribution is 5.85. The van der Waals surface area contributed by atoms with E-state index in [9.17, 15) is 0 Å². The van der Waals surface area contributed by atoms with Crippen LogP contribution in [0.4, 0.5) is 11.6 Å². The monoisotopic (exact) mass is 448 g/mol. The summed E-state index contributed by atoms with van der Waals surface area (Å²) in [7, 11) is 1.66. The molecule has 5 rings (SSSR count). The number of H-pyrrole nitrogens is 1. The molecular formula is C24H25ClN6O. The van der Waals surface area contributed by atoms with Crippen molar-refractivity contribution in [2.75, 3.05) is 19.0 Å². The maximum Gasteiger partial charge on any atom is 0.227 e. The number of imidazole rings is 1. The minimum atomic E-state index is 0. The van der Waals surface area contributed by atoms with Gasteiger partial charge in [-0.1, -0.05) is 30.3 Å². The van der Waals surface area contributed by atoms with Gasteiger partial charge in [0, 0.05) is 48.7 Å². The Labute approximate surface area is 193 Å². The molecule has 32 heavy (non-hydrogen) atoms. The number of rotatable bonds is 5. The molecule has 2 aromatic heterocycles. The number of aromatic amines is 1. The molecule has 0 saturated carbocycles. The molecule has 164 valence electrons. The first-order valence-electron chi connectivity index (χ1n) is 10.3. The highest BCUT2D eigenvalue weighted by Crippen LogP contribution is 2.33. The highest BCUT2D eigenvalue weighted by atomic mass is 35.5. The van der Waals surface area contributed by atoms with Crippen LogP contribution >= 0.6 is 12.4 Å². The molecule has 0 spiro atoms. The van der Waals surface area contributed by atoms with Crippen LogP contribution in [0.15, 0.2) is 60.9 Å². The normalized spacial score (nSPS) is 14.9. The third kappa shape index (κ3) is 4.30. The molecule has 1 aliphatic heterocycles. The fraction of sp³-hybridized carbons (Fsp3) is 0.208. The van der Waals surface area contributed by atoms with E-state index in [-0.39, 0.29) is 18.3 Å². The second-order valence-corrected chi connectivity index (χ2v) is 7.63. The highest BCUT2D eigenvalue weighted by Gasteiger charge is 2.24. The lowest BCUT2D eigenvalue weighted by molar-refractivity contribution is 0.416. The van der Waals surface area contributed by atoms with Crippen LogP contribution in [-0.4, -0.2) is 33.6 Å². The molecule has 3 heterocycles. The lowest BCUT2D eigenvalue weighted by Gasteiger charge is -2.26. The van der Waals surface area contributed by atoms with Crippen LogP contribution in [0.1, 0.15) is 28.4 Å². The molecule has 8 heteroatoms. The summed E-state index contributed by atoms with van der Waals surface area (Å²) >= 11 is 0. The van der Waals surface area contributed by atoms with Crippen molar-refractivity contribution in [2.45, 2.75) is 19.4 Å². The van der Waals surface area contributed by atoms with Crippen molar-refractivity contribution in [1.29, 1.82) is 0 Å². The number of aryl methyl sites for hydroxylation is 1. The third-order valence-electron chi connectivity index (χ3n) is 5.51. The molecule has 1 unspecified atom stereocenters. The van der Waals surface area contributed by atoms with Gasteiger partial charge in [-0.05, 0) is 24.6 Å². The Morgan fingerprint density at radius 3 is 2.69 bits per heavy atom. The summed E-state index contributed by atoms with van der Waals surface area (Å²) in [5, 5.41) is 6.80. The van der Waals surface area contributed by atoms with Crippen LogP contribution in [0, 0.1) is 6.92 Å². The number of hydrogen-bond acceptors (Lipinski definition) is 6. The van der Waals surface area contributed by atoms with Crippen LogP contribution in [-0.2, 0) is 6.54 Å². The van der Waals surface area contributed by atoms with Gasteiger partial charge in [-0.2, -0.15) is 0 Å². The van der Waals surface area contributed by atoms with Gasteiger partial charge in [0.1, 0.15) is 11.6 Å². The number of hydrogen-bond donors (Lipinski definition) is 3. The van der Waals surface area contributed by atoms with Gasteiger partial charge >= 0.3 is 0 Å². The minimum Gasteiger partial charge on any atom is -0.496 e. The average Bonchev–Trinajstić information content (AvgIpc) is 3.25. The van der Waals surface area contributed by atoms with E-state index in [1.165, 1.54) is 5.56 Å². The summed E-state index contributed by atoms with van der Waals surface area (Å²) in [6.07, 6.45) is 3.78. The fourth-order valence-corrected chi connectivity index (χ4v) is 3.97. The van der Waals surface area contributed by atoms with Gasteiger partial charge in [0.15, 0.2) is 0 Å².